The van der Waals surface area contributed by atoms with Crippen LogP contribution in [0.2, 0.25) is 5.02 Å². The molecule has 7 nitrogen and oxygen atoms in total. The van der Waals surface area contributed by atoms with Gasteiger partial charge in [0.05, 0.1) is 11.0 Å². The predicted octanol–water partition coefficient (Wildman–Crippen LogP) is 3.53. The SMILES string of the molecule is CN(CCOC(=O)Nc1ncc(Br)cn1)C(=O)CCc1ccccc1Cl. The van der Waals surface area contributed by atoms with Crippen molar-refractivity contribution in [2.45, 2.75) is 12.8 Å². The van der Waals surface area contributed by atoms with Crippen molar-refractivity contribution >= 4 is 45.5 Å². The van der Waals surface area contributed by atoms with E-state index in [1.165, 1.54) is 17.3 Å². The van der Waals surface area contributed by atoms with Gasteiger partial charge in [-0.15, -0.1) is 0 Å². The second-order valence-electron chi connectivity index (χ2n) is 5.39. The van der Waals surface area contributed by atoms with E-state index in [4.69, 9.17) is 16.3 Å². The molecule has 0 bridgehead atoms. The van der Waals surface area contributed by atoms with E-state index < -0.39 is 6.09 Å². The van der Waals surface area contributed by atoms with Crippen LogP contribution in [0.5, 0.6) is 0 Å². The average molecular weight is 442 g/mol. The second kappa shape index (κ2) is 10.1. The Bertz CT molecular complexity index is 758. The Labute approximate surface area is 164 Å². The average Bonchev–Trinajstić information content (AvgIpc) is 2.62. The molecule has 0 aliphatic rings. The number of aromatic nitrogens is 2. The van der Waals surface area contributed by atoms with Crippen molar-refractivity contribution in [2.75, 3.05) is 25.5 Å². The first kappa shape index (κ1) is 20.1. The van der Waals surface area contributed by atoms with Gasteiger partial charge in [-0.25, -0.2) is 14.8 Å². The van der Waals surface area contributed by atoms with E-state index in [1.807, 2.05) is 18.2 Å². The summed E-state index contributed by atoms with van der Waals surface area (Å²) in [6, 6.07) is 7.43. The summed E-state index contributed by atoms with van der Waals surface area (Å²) < 4.78 is 5.72. The van der Waals surface area contributed by atoms with E-state index in [-0.39, 0.29) is 25.0 Å². The van der Waals surface area contributed by atoms with Gasteiger partial charge in [-0.2, -0.15) is 0 Å². The molecule has 0 unspecified atom stereocenters. The molecule has 1 aromatic heterocycles. The Kier molecular flexibility index (Phi) is 7.80. The highest BCUT2D eigenvalue weighted by atomic mass is 79.9. The van der Waals surface area contributed by atoms with Crippen LogP contribution in [0.15, 0.2) is 41.1 Å². The summed E-state index contributed by atoms with van der Waals surface area (Å²) in [5, 5.41) is 3.05. The van der Waals surface area contributed by atoms with Crippen molar-refractivity contribution in [1.29, 1.82) is 0 Å². The highest BCUT2D eigenvalue weighted by Crippen LogP contribution is 2.16. The maximum Gasteiger partial charge on any atom is 0.414 e. The summed E-state index contributed by atoms with van der Waals surface area (Å²) in [6.07, 6.45) is 3.23. The molecule has 0 saturated heterocycles. The highest BCUT2D eigenvalue weighted by molar-refractivity contribution is 9.10. The Morgan fingerprint density at radius 3 is 2.65 bits per heavy atom. The van der Waals surface area contributed by atoms with Gasteiger partial charge in [-0.3, -0.25) is 10.1 Å². The summed E-state index contributed by atoms with van der Waals surface area (Å²) in [4.78, 5) is 33.1. The van der Waals surface area contributed by atoms with Crippen molar-refractivity contribution in [3.05, 3.63) is 51.7 Å². The third-order valence-electron chi connectivity index (χ3n) is 3.49. The number of amides is 2. The van der Waals surface area contributed by atoms with Gasteiger partial charge in [0.2, 0.25) is 11.9 Å². The fourth-order valence-electron chi connectivity index (χ4n) is 2.04. The van der Waals surface area contributed by atoms with E-state index in [2.05, 4.69) is 31.2 Å². The lowest BCUT2D eigenvalue weighted by molar-refractivity contribution is -0.130. The molecule has 2 rings (SSSR count). The summed E-state index contributed by atoms with van der Waals surface area (Å²) in [7, 11) is 1.66. The van der Waals surface area contributed by atoms with Crippen molar-refractivity contribution in [1.82, 2.24) is 14.9 Å². The van der Waals surface area contributed by atoms with E-state index in [1.54, 1.807) is 13.1 Å². The predicted molar refractivity (Wildman–Crippen MR) is 102 cm³/mol. The lowest BCUT2D eigenvalue weighted by atomic mass is 10.1. The van der Waals surface area contributed by atoms with Gasteiger partial charge < -0.3 is 9.64 Å². The smallest absolute Gasteiger partial charge is 0.414 e. The quantitative estimate of drug-likeness (QED) is 0.710. The van der Waals surface area contributed by atoms with Crippen LogP contribution in [0.3, 0.4) is 0 Å². The Balaban J connectivity index is 1.68. The Morgan fingerprint density at radius 1 is 1.27 bits per heavy atom. The standard InChI is InChI=1S/C17H18BrClN4O3/c1-23(15(24)7-6-12-4-2-3-5-14(12)19)8-9-26-17(25)22-16-20-10-13(18)11-21-16/h2-5,10-11H,6-9H2,1H3,(H,20,21,22,25). The molecule has 0 atom stereocenters. The number of ether oxygens (including phenoxy) is 1. The molecular weight excluding hydrogens is 424 g/mol. The van der Waals surface area contributed by atoms with E-state index in [9.17, 15) is 9.59 Å². The van der Waals surface area contributed by atoms with E-state index >= 15 is 0 Å². The fourth-order valence-corrected chi connectivity index (χ4v) is 2.47. The minimum atomic E-state index is -0.677. The number of nitrogens with one attached hydrogen (secondary N) is 1. The minimum absolute atomic E-state index is 0.0508. The maximum absolute atomic E-state index is 12.1. The van der Waals surface area contributed by atoms with Crippen molar-refractivity contribution in [2.24, 2.45) is 0 Å². The molecule has 26 heavy (non-hydrogen) atoms. The number of carbonyl (C=O) groups is 2. The zero-order chi connectivity index (χ0) is 18.9. The largest absolute Gasteiger partial charge is 0.447 e. The van der Waals surface area contributed by atoms with Crippen LogP contribution in [0.1, 0.15) is 12.0 Å². The summed E-state index contributed by atoms with van der Waals surface area (Å²) in [5.74, 6) is 0.0903. The molecule has 0 spiro atoms. The Morgan fingerprint density at radius 2 is 1.96 bits per heavy atom. The van der Waals surface area contributed by atoms with Gasteiger partial charge in [-0.05, 0) is 34.0 Å². The van der Waals surface area contributed by atoms with E-state index in [0.717, 1.165) is 5.56 Å². The minimum Gasteiger partial charge on any atom is -0.447 e. The molecule has 1 heterocycles. The third-order valence-corrected chi connectivity index (χ3v) is 4.26. The van der Waals surface area contributed by atoms with Gasteiger partial charge in [0.15, 0.2) is 0 Å². The molecule has 1 aromatic carbocycles. The van der Waals surface area contributed by atoms with Gasteiger partial charge in [-0.1, -0.05) is 29.8 Å². The first-order valence-electron chi connectivity index (χ1n) is 7.84. The molecule has 1 N–H and O–H groups in total. The maximum atomic E-state index is 12.1. The molecule has 2 amide bonds. The van der Waals surface area contributed by atoms with Crippen LogP contribution in [0.25, 0.3) is 0 Å². The van der Waals surface area contributed by atoms with Gasteiger partial charge in [0.1, 0.15) is 6.61 Å². The molecule has 0 saturated carbocycles. The summed E-state index contributed by atoms with van der Waals surface area (Å²) >= 11 is 9.28. The van der Waals surface area contributed by atoms with Crippen LogP contribution >= 0.6 is 27.5 Å². The fraction of sp³-hybridized carbons (Fsp3) is 0.294. The lowest BCUT2D eigenvalue weighted by Gasteiger charge is -2.17. The first-order valence-corrected chi connectivity index (χ1v) is 9.01. The zero-order valence-electron chi connectivity index (χ0n) is 14.1. The molecule has 2 aromatic rings. The van der Waals surface area contributed by atoms with E-state index in [0.29, 0.717) is 22.3 Å². The number of carbonyl (C=O) groups excluding carboxylic acids is 2. The number of halogens is 2. The van der Waals surface area contributed by atoms with Crippen molar-refractivity contribution in [3.63, 3.8) is 0 Å². The highest BCUT2D eigenvalue weighted by Gasteiger charge is 2.11. The normalized spacial score (nSPS) is 10.3. The number of likely N-dealkylation sites (N-methyl/N-ethyl adjacent to an activating group) is 1. The number of anilines is 1. The van der Waals surface area contributed by atoms with Gasteiger partial charge in [0.25, 0.3) is 0 Å². The zero-order valence-corrected chi connectivity index (χ0v) is 16.5. The molecule has 9 heteroatoms. The monoisotopic (exact) mass is 440 g/mol. The number of aryl methyl sites for hydroxylation is 1. The third kappa shape index (κ3) is 6.61. The summed E-state index contributed by atoms with van der Waals surface area (Å²) in [6.45, 7) is 0.354. The molecule has 0 aliphatic carbocycles. The number of hydrogen-bond donors (Lipinski definition) is 1. The number of hydrogen-bond acceptors (Lipinski definition) is 5. The topological polar surface area (TPSA) is 84.4 Å². The van der Waals surface area contributed by atoms with Gasteiger partial charge in [0, 0.05) is 30.9 Å². The van der Waals surface area contributed by atoms with Crippen LogP contribution in [0.4, 0.5) is 10.7 Å². The van der Waals surface area contributed by atoms with Crippen molar-refractivity contribution < 1.29 is 14.3 Å². The molecule has 0 radical (unpaired) electrons. The lowest BCUT2D eigenvalue weighted by Crippen LogP contribution is -2.31. The number of benzene rings is 1. The summed E-state index contributed by atoms with van der Waals surface area (Å²) in [5.41, 5.74) is 0.932. The van der Waals surface area contributed by atoms with Crippen LogP contribution < -0.4 is 5.32 Å². The van der Waals surface area contributed by atoms with Crippen LogP contribution in [0, 0.1) is 0 Å². The number of nitrogens with zero attached hydrogens (tertiary/aromatic N) is 3. The molecule has 0 fully saturated rings. The molecular formula is C17H18BrClN4O3. The second-order valence-corrected chi connectivity index (χ2v) is 6.72. The molecule has 138 valence electrons. The van der Waals surface area contributed by atoms with Gasteiger partial charge >= 0.3 is 6.09 Å². The van der Waals surface area contributed by atoms with Crippen LogP contribution in [-0.2, 0) is 16.0 Å². The Hall–Kier alpha value is -2.19. The van der Waals surface area contributed by atoms with Crippen LogP contribution in [-0.4, -0.2) is 47.1 Å². The first-order chi connectivity index (χ1) is 12.5. The number of rotatable bonds is 7. The molecule has 0 aliphatic heterocycles. The van der Waals surface area contributed by atoms with Crippen molar-refractivity contribution in [3.8, 4) is 0 Å².